The number of ether oxygens (including phenoxy) is 1. The van der Waals surface area contributed by atoms with E-state index in [4.69, 9.17) is 5.11 Å². The van der Waals surface area contributed by atoms with Gasteiger partial charge in [0.2, 0.25) is 0 Å². The van der Waals surface area contributed by atoms with Gasteiger partial charge in [-0.3, -0.25) is 9.00 Å². The topological polar surface area (TPSA) is 80.7 Å². The van der Waals surface area contributed by atoms with E-state index in [2.05, 4.69) is 11.3 Å². The maximum Gasteiger partial charge on any atom is 0.333 e. The van der Waals surface area contributed by atoms with Crippen LogP contribution < -0.4 is 0 Å². The molecule has 0 aromatic rings. The average Bonchev–Trinajstić information content (AvgIpc) is 2.02. The molecule has 0 unspecified atom stereocenters. The SMILES string of the molecule is C=C(C)C(=O)OCC[S@](=O)CC(=O)O. The second-order valence-electron chi connectivity index (χ2n) is 2.60. The third-order valence-corrected chi connectivity index (χ3v) is 2.37. The number of hydrogen-bond donors (Lipinski definition) is 1. The van der Waals surface area contributed by atoms with Gasteiger partial charge in [0.05, 0.1) is 5.75 Å². The molecule has 0 spiro atoms. The highest BCUT2D eigenvalue weighted by Gasteiger charge is 2.07. The summed E-state index contributed by atoms with van der Waals surface area (Å²) in [4.78, 5) is 20.9. The second kappa shape index (κ2) is 6.31. The van der Waals surface area contributed by atoms with E-state index >= 15 is 0 Å². The molecule has 0 saturated heterocycles. The van der Waals surface area contributed by atoms with Crippen molar-refractivity contribution in [1.82, 2.24) is 0 Å². The molecular formula is C8H12O5S. The van der Waals surface area contributed by atoms with E-state index in [0.29, 0.717) is 0 Å². The van der Waals surface area contributed by atoms with Gasteiger partial charge in [-0.05, 0) is 6.92 Å². The van der Waals surface area contributed by atoms with Crippen molar-refractivity contribution in [2.24, 2.45) is 0 Å². The highest BCUT2D eigenvalue weighted by atomic mass is 32.2. The second-order valence-corrected chi connectivity index (χ2v) is 4.17. The maximum atomic E-state index is 10.9. The molecule has 0 bridgehead atoms. The van der Waals surface area contributed by atoms with Gasteiger partial charge in [0.15, 0.2) is 0 Å². The molecular weight excluding hydrogens is 208 g/mol. The molecule has 1 N–H and O–H groups in total. The molecule has 0 rings (SSSR count). The molecule has 14 heavy (non-hydrogen) atoms. The fourth-order valence-corrected chi connectivity index (χ4v) is 1.25. The summed E-state index contributed by atoms with van der Waals surface area (Å²) in [5.41, 5.74) is 0.258. The number of carboxylic acid groups (broad SMARTS) is 1. The molecule has 0 aliphatic rings. The molecule has 0 aliphatic heterocycles. The first-order valence-corrected chi connectivity index (χ1v) is 5.31. The van der Waals surface area contributed by atoms with Crippen LogP contribution in [0.1, 0.15) is 6.92 Å². The average molecular weight is 220 g/mol. The summed E-state index contributed by atoms with van der Waals surface area (Å²) in [6.45, 7) is 4.80. The van der Waals surface area contributed by atoms with Crippen LogP contribution in [0.3, 0.4) is 0 Å². The number of aliphatic carboxylic acids is 1. The Kier molecular flexibility index (Phi) is 5.78. The molecule has 0 amide bonds. The van der Waals surface area contributed by atoms with Gasteiger partial charge in [0.25, 0.3) is 0 Å². The van der Waals surface area contributed by atoms with Crippen LogP contribution in [0, 0.1) is 0 Å². The predicted molar refractivity (Wildman–Crippen MR) is 51.3 cm³/mol. The summed E-state index contributed by atoms with van der Waals surface area (Å²) in [5.74, 6) is -2.08. The largest absolute Gasteiger partial charge is 0.481 e. The summed E-state index contributed by atoms with van der Waals surface area (Å²) >= 11 is 0. The Morgan fingerprint density at radius 3 is 2.50 bits per heavy atom. The van der Waals surface area contributed by atoms with E-state index in [1.54, 1.807) is 0 Å². The Morgan fingerprint density at radius 1 is 1.50 bits per heavy atom. The van der Waals surface area contributed by atoms with Crippen molar-refractivity contribution in [2.45, 2.75) is 6.92 Å². The van der Waals surface area contributed by atoms with Gasteiger partial charge in [-0.1, -0.05) is 6.58 Å². The number of carbonyl (C=O) groups excluding carboxylic acids is 1. The van der Waals surface area contributed by atoms with Gasteiger partial charge in [0.1, 0.15) is 12.4 Å². The molecule has 1 atom stereocenters. The van der Waals surface area contributed by atoms with Gasteiger partial charge in [-0.15, -0.1) is 0 Å². The first kappa shape index (κ1) is 12.8. The number of rotatable bonds is 6. The third kappa shape index (κ3) is 6.36. The zero-order chi connectivity index (χ0) is 11.1. The van der Waals surface area contributed by atoms with E-state index < -0.39 is 28.5 Å². The molecule has 0 fully saturated rings. The summed E-state index contributed by atoms with van der Waals surface area (Å²) in [6, 6.07) is 0. The minimum Gasteiger partial charge on any atom is -0.481 e. The van der Waals surface area contributed by atoms with Crippen molar-refractivity contribution in [3.8, 4) is 0 Å². The first-order valence-electron chi connectivity index (χ1n) is 3.83. The minimum absolute atomic E-state index is 0.0331. The zero-order valence-corrected chi connectivity index (χ0v) is 8.63. The van der Waals surface area contributed by atoms with Crippen LogP contribution in [0.2, 0.25) is 0 Å². The lowest BCUT2D eigenvalue weighted by Crippen LogP contribution is -2.17. The van der Waals surface area contributed by atoms with Gasteiger partial charge in [0, 0.05) is 16.4 Å². The quantitative estimate of drug-likeness (QED) is 0.501. The lowest BCUT2D eigenvalue weighted by atomic mass is 10.4. The lowest BCUT2D eigenvalue weighted by molar-refractivity contribution is -0.138. The van der Waals surface area contributed by atoms with Crippen LogP contribution in [0.5, 0.6) is 0 Å². The number of hydrogen-bond acceptors (Lipinski definition) is 4. The molecule has 80 valence electrons. The summed E-state index contributed by atoms with van der Waals surface area (Å²) in [6.07, 6.45) is 0. The van der Waals surface area contributed by atoms with Crippen molar-refractivity contribution in [3.63, 3.8) is 0 Å². The van der Waals surface area contributed by atoms with E-state index in [-0.39, 0.29) is 17.9 Å². The number of carboxylic acids is 1. The van der Waals surface area contributed by atoms with E-state index in [9.17, 15) is 13.8 Å². The van der Waals surface area contributed by atoms with Gasteiger partial charge in [-0.25, -0.2) is 4.79 Å². The molecule has 0 aromatic heterocycles. The van der Waals surface area contributed by atoms with Crippen LogP contribution in [0.25, 0.3) is 0 Å². The molecule has 0 heterocycles. The maximum absolute atomic E-state index is 10.9. The highest BCUT2D eigenvalue weighted by molar-refractivity contribution is 7.85. The normalized spacial score (nSPS) is 11.8. The number of carbonyl (C=O) groups is 2. The van der Waals surface area contributed by atoms with Crippen LogP contribution >= 0.6 is 0 Å². The molecule has 0 radical (unpaired) electrons. The predicted octanol–water partition coefficient (Wildman–Crippen LogP) is -0.0610. The smallest absolute Gasteiger partial charge is 0.333 e. The summed E-state index contributed by atoms with van der Waals surface area (Å²) in [7, 11) is -1.49. The first-order chi connectivity index (χ1) is 6.43. The van der Waals surface area contributed by atoms with Crippen LogP contribution in [0.15, 0.2) is 12.2 Å². The van der Waals surface area contributed by atoms with Crippen molar-refractivity contribution in [1.29, 1.82) is 0 Å². The number of esters is 1. The van der Waals surface area contributed by atoms with Crippen LogP contribution in [-0.2, 0) is 25.1 Å². The Balaban J connectivity index is 3.64. The fourth-order valence-electron chi connectivity index (χ4n) is 0.560. The molecule has 6 heteroatoms. The van der Waals surface area contributed by atoms with Crippen molar-refractivity contribution in [3.05, 3.63) is 12.2 Å². The van der Waals surface area contributed by atoms with Crippen molar-refractivity contribution < 1.29 is 23.6 Å². The molecule has 0 saturated carbocycles. The minimum atomic E-state index is -1.49. The Hall–Kier alpha value is -1.17. The zero-order valence-electron chi connectivity index (χ0n) is 7.82. The van der Waals surface area contributed by atoms with E-state index in [1.165, 1.54) is 6.92 Å². The summed E-state index contributed by atoms with van der Waals surface area (Å²) < 4.78 is 15.6. The standard InChI is InChI=1S/C8H12O5S/c1-6(2)8(11)13-3-4-14(12)5-7(9)10/h1,3-5H2,2H3,(H,9,10)/t14-/m0/s1. The summed E-state index contributed by atoms with van der Waals surface area (Å²) in [5, 5.41) is 8.27. The Morgan fingerprint density at radius 2 is 2.07 bits per heavy atom. The van der Waals surface area contributed by atoms with Crippen molar-refractivity contribution >= 4 is 22.7 Å². The van der Waals surface area contributed by atoms with E-state index in [0.717, 1.165) is 0 Å². The lowest BCUT2D eigenvalue weighted by Gasteiger charge is -2.02. The Labute approximate surface area is 84.2 Å². The van der Waals surface area contributed by atoms with Crippen LogP contribution in [0.4, 0.5) is 0 Å². The monoisotopic (exact) mass is 220 g/mol. The van der Waals surface area contributed by atoms with Gasteiger partial charge < -0.3 is 9.84 Å². The van der Waals surface area contributed by atoms with E-state index in [1.807, 2.05) is 0 Å². The van der Waals surface area contributed by atoms with Crippen LogP contribution in [-0.4, -0.2) is 39.4 Å². The highest BCUT2D eigenvalue weighted by Crippen LogP contribution is 1.92. The fraction of sp³-hybridized carbons (Fsp3) is 0.500. The molecule has 0 aromatic carbocycles. The molecule has 5 nitrogen and oxygen atoms in total. The van der Waals surface area contributed by atoms with Gasteiger partial charge >= 0.3 is 11.9 Å². The van der Waals surface area contributed by atoms with Crippen molar-refractivity contribution in [2.75, 3.05) is 18.1 Å². The Bertz CT molecular complexity index is 271. The van der Waals surface area contributed by atoms with Gasteiger partial charge in [-0.2, -0.15) is 0 Å². The molecule has 0 aliphatic carbocycles. The third-order valence-electron chi connectivity index (χ3n) is 1.18.